The zero-order chi connectivity index (χ0) is 18.1. The van der Waals surface area contributed by atoms with Gasteiger partial charge in [-0.05, 0) is 53.0 Å². The number of nitrogens with zero attached hydrogens (tertiary/aromatic N) is 3. The molecule has 0 saturated carbocycles. The van der Waals surface area contributed by atoms with Crippen molar-refractivity contribution < 1.29 is 13.6 Å². The Morgan fingerprint density at radius 3 is 2.69 bits per heavy atom. The first kappa shape index (κ1) is 16.4. The van der Waals surface area contributed by atoms with E-state index in [9.17, 15) is 13.6 Å². The summed E-state index contributed by atoms with van der Waals surface area (Å²) in [6.07, 6.45) is 8.20. The number of sulfonamides is 1. The highest BCUT2D eigenvalue weighted by Gasteiger charge is 2.21. The summed E-state index contributed by atoms with van der Waals surface area (Å²) >= 11 is 0. The van der Waals surface area contributed by atoms with Crippen molar-refractivity contribution in [2.75, 3.05) is 0 Å². The van der Waals surface area contributed by atoms with E-state index in [-0.39, 0.29) is 4.90 Å². The number of hydrogen-bond acceptors (Lipinski definition) is 5. The van der Waals surface area contributed by atoms with Crippen LogP contribution in [0.3, 0.4) is 0 Å². The average molecular weight is 365 g/mol. The molecule has 1 aliphatic heterocycles. The van der Waals surface area contributed by atoms with Crippen molar-refractivity contribution in [1.29, 1.82) is 0 Å². The maximum atomic E-state index is 12.4. The molecule has 0 fully saturated rings. The lowest BCUT2D eigenvalue weighted by molar-refractivity contribution is -0.000512. The molecule has 1 aliphatic carbocycles. The maximum Gasteiger partial charge on any atom is 0.299 e. The van der Waals surface area contributed by atoms with Crippen molar-refractivity contribution in [3.63, 3.8) is 0 Å². The predicted molar refractivity (Wildman–Crippen MR) is 96.7 cm³/mol. The molecule has 0 aromatic heterocycles. The zero-order valence-corrected chi connectivity index (χ0v) is 14.5. The number of fused-ring (bicyclic) bond motifs is 3. The Hall–Kier alpha value is -3.03. The fourth-order valence-electron chi connectivity index (χ4n) is 3.02. The molecule has 0 saturated heterocycles. The lowest BCUT2D eigenvalue weighted by atomic mass is 10.1. The first-order valence-electron chi connectivity index (χ1n) is 7.96. The quantitative estimate of drug-likeness (QED) is 0.711. The highest BCUT2D eigenvalue weighted by atomic mass is 32.2. The van der Waals surface area contributed by atoms with Gasteiger partial charge in [-0.25, -0.2) is 5.06 Å². The van der Waals surface area contributed by atoms with Crippen molar-refractivity contribution in [2.45, 2.75) is 11.3 Å². The van der Waals surface area contributed by atoms with E-state index in [0.29, 0.717) is 12.1 Å². The summed E-state index contributed by atoms with van der Waals surface area (Å²) in [6.45, 7) is 0. The average Bonchev–Trinajstić information content (AvgIpc) is 3.01. The van der Waals surface area contributed by atoms with Gasteiger partial charge in [0.2, 0.25) is 0 Å². The van der Waals surface area contributed by atoms with Crippen LogP contribution in [-0.2, 0) is 16.4 Å². The second-order valence-electron chi connectivity index (χ2n) is 5.92. The molecule has 1 heterocycles. The molecule has 26 heavy (non-hydrogen) atoms. The topological polar surface area (TPSA) is 82.3 Å². The summed E-state index contributed by atoms with van der Waals surface area (Å²) in [6, 6.07) is 13.0. The molecular formula is C19H15N3O3S. The third-order valence-electron chi connectivity index (χ3n) is 4.28. The van der Waals surface area contributed by atoms with E-state index in [2.05, 4.69) is 9.63 Å². The molecule has 1 N–H and O–H groups in total. The second-order valence-corrected chi connectivity index (χ2v) is 7.51. The van der Waals surface area contributed by atoms with E-state index < -0.39 is 10.0 Å². The van der Waals surface area contributed by atoms with Gasteiger partial charge in [0.15, 0.2) is 0 Å². The Morgan fingerprint density at radius 1 is 1.04 bits per heavy atom. The number of rotatable bonds is 3. The molecule has 0 atom stereocenters. The predicted octanol–water partition coefficient (Wildman–Crippen LogP) is 4.01. The normalized spacial score (nSPS) is 17.1. The summed E-state index contributed by atoms with van der Waals surface area (Å²) in [5.41, 5.74) is 4.65. The van der Waals surface area contributed by atoms with Crippen LogP contribution in [0.15, 0.2) is 93.3 Å². The molecule has 0 radical (unpaired) electrons. The zero-order valence-electron chi connectivity index (χ0n) is 13.6. The molecule has 130 valence electrons. The van der Waals surface area contributed by atoms with Crippen LogP contribution in [0, 0.1) is 0 Å². The monoisotopic (exact) mass is 365 g/mol. The van der Waals surface area contributed by atoms with Crippen LogP contribution >= 0.6 is 0 Å². The number of allylic oxidation sites excluding steroid dienone is 3. The van der Waals surface area contributed by atoms with E-state index >= 15 is 0 Å². The van der Waals surface area contributed by atoms with Crippen molar-refractivity contribution >= 4 is 10.0 Å². The van der Waals surface area contributed by atoms with Crippen molar-refractivity contribution in [1.82, 2.24) is 5.06 Å². The second kappa shape index (κ2) is 6.36. The lowest BCUT2D eigenvalue weighted by Crippen LogP contribution is -2.10. The van der Waals surface area contributed by atoms with Gasteiger partial charge in [-0.2, -0.15) is 8.42 Å². The molecule has 0 amide bonds. The van der Waals surface area contributed by atoms with Crippen LogP contribution in [0.1, 0.15) is 11.1 Å². The molecule has 2 aromatic carbocycles. The highest BCUT2D eigenvalue weighted by Crippen LogP contribution is 2.37. The molecule has 7 heteroatoms. The molecule has 0 unspecified atom stereocenters. The number of benzene rings is 2. The van der Waals surface area contributed by atoms with Crippen LogP contribution in [0.2, 0.25) is 0 Å². The lowest BCUT2D eigenvalue weighted by Gasteiger charge is -2.13. The fourth-order valence-corrected chi connectivity index (χ4v) is 3.82. The molecule has 2 aliphatic rings. The van der Waals surface area contributed by atoms with E-state index in [1.807, 2.05) is 30.3 Å². The van der Waals surface area contributed by atoms with Gasteiger partial charge in [0.25, 0.3) is 10.0 Å². The molecule has 0 spiro atoms. The van der Waals surface area contributed by atoms with Gasteiger partial charge in [-0.15, -0.1) is 5.11 Å². The van der Waals surface area contributed by atoms with E-state index in [4.69, 9.17) is 0 Å². The minimum absolute atomic E-state index is 0.103. The van der Waals surface area contributed by atoms with Crippen LogP contribution < -0.4 is 0 Å². The van der Waals surface area contributed by atoms with Gasteiger partial charge >= 0.3 is 0 Å². The molecule has 6 nitrogen and oxygen atoms in total. The largest absolute Gasteiger partial charge is 0.299 e. The Labute approximate surface area is 151 Å². The van der Waals surface area contributed by atoms with Gasteiger partial charge in [-0.1, -0.05) is 40.9 Å². The van der Waals surface area contributed by atoms with Crippen molar-refractivity contribution in [3.8, 4) is 11.1 Å². The molecule has 4 rings (SSSR count). The Kier molecular flexibility index (Phi) is 4.02. The van der Waals surface area contributed by atoms with Crippen molar-refractivity contribution in [2.24, 2.45) is 9.63 Å². The SMILES string of the molecule is O=S(=O)(N=N/C=C1\C=CC=CN1O)c1ccc2c(c1)Cc1ccccc1-2. The summed E-state index contributed by atoms with van der Waals surface area (Å²) in [5.74, 6) is 0. The number of hydroxylamine groups is 2. The van der Waals surface area contributed by atoms with E-state index in [1.165, 1.54) is 18.0 Å². The van der Waals surface area contributed by atoms with Crippen molar-refractivity contribution in [3.05, 3.63) is 89.9 Å². The first-order chi connectivity index (χ1) is 12.5. The maximum absolute atomic E-state index is 12.4. The molecule has 0 bridgehead atoms. The number of hydrogen-bond donors (Lipinski definition) is 1. The third-order valence-corrected chi connectivity index (χ3v) is 5.44. The summed E-state index contributed by atoms with van der Waals surface area (Å²) in [7, 11) is -3.92. The smallest absolute Gasteiger partial charge is 0.284 e. The molecule has 2 aromatic rings. The summed E-state index contributed by atoms with van der Waals surface area (Å²) < 4.78 is 28.3. The Morgan fingerprint density at radius 2 is 1.85 bits per heavy atom. The fraction of sp³-hybridized carbons (Fsp3) is 0.0526. The van der Waals surface area contributed by atoms with E-state index in [1.54, 1.807) is 30.4 Å². The van der Waals surface area contributed by atoms with Gasteiger partial charge < -0.3 is 0 Å². The Bertz CT molecular complexity index is 1100. The standard InChI is InChI=1S/C19H15N3O3S/c23-22-10-4-3-6-16(22)13-20-21-26(24,25)17-8-9-19-15(12-17)11-14-5-1-2-7-18(14)19/h1-10,12-13,23H,11H2/b16-13+,21-20?. The minimum atomic E-state index is -3.92. The Balaban J connectivity index is 1.61. The summed E-state index contributed by atoms with van der Waals surface area (Å²) in [4.78, 5) is 0.103. The van der Waals surface area contributed by atoms with Gasteiger partial charge in [-0.3, -0.25) is 5.21 Å². The van der Waals surface area contributed by atoms with Gasteiger partial charge in [0.05, 0.1) is 16.8 Å². The molecular weight excluding hydrogens is 350 g/mol. The minimum Gasteiger partial charge on any atom is -0.284 e. The van der Waals surface area contributed by atoms with Gasteiger partial charge in [0.1, 0.15) is 0 Å². The van der Waals surface area contributed by atoms with Crippen LogP contribution in [0.4, 0.5) is 0 Å². The third kappa shape index (κ3) is 2.98. The van der Waals surface area contributed by atoms with E-state index in [0.717, 1.165) is 21.8 Å². The highest BCUT2D eigenvalue weighted by molar-refractivity contribution is 7.90. The van der Waals surface area contributed by atoms with Crippen LogP contribution in [0.25, 0.3) is 11.1 Å². The van der Waals surface area contributed by atoms with Gasteiger partial charge in [0, 0.05) is 6.20 Å². The van der Waals surface area contributed by atoms with Crippen LogP contribution in [-0.4, -0.2) is 18.7 Å². The first-order valence-corrected chi connectivity index (χ1v) is 9.40. The summed E-state index contributed by atoms with van der Waals surface area (Å²) in [5, 5.41) is 14.0. The van der Waals surface area contributed by atoms with Crippen LogP contribution in [0.5, 0.6) is 0 Å².